The zero-order valence-electron chi connectivity index (χ0n) is 10.7. The lowest BCUT2D eigenvalue weighted by molar-refractivity contribution is 0.0696. The lowest BCUT2D eigenvalue weighted by atomic mass is 10.2. The summed E-state index contributed by atoms with van der Waals surface area (Å²) in [5.74, 6) is -4.67. The van der Waals surface area contributed by atoms with Crippen LogP contribution in [0.15, 0.2) is 17.0 Å². The van der Waals surface area contributed by atoms with Crippen molar-refractivity contribution in [2.24, 2.45) is 0 Å². The quantitative estimate of drug-likeness (QED) is 0.831. The van der Waals surface area contributed by atoms with Gasteiger partial charge in [0.1, 0.15) is 4.90 Å². The maximum absolute atomic E-state index is 13.6. The van der Waals surface area contributed by atoms with Crippen LogP contribution in [-0.2, 0) is 10.0 Å². The minimum absolute atomic E-state index is 0.0157. The van der Waals surface area contributed by atoms with E-state index in [1.54, 1.807) is 13.2 Å². The number of halogens is 2. The predicted octanol–water partition coefficient (Wildman–Crippen LogP) is 1.69. The molecule has 0 saturated carbocycles. The summed E-state index contributed by atoms with van der Waals surface area (Å²) in [5.41, 5.74) is -0.637. The molecule has 1 unspecified atom stereocenters. The van der Waals surface area contributed by atoms with Crippen molar-refractivity contribution in [1.82, 2.24) is 4.72 Å². The lowest BCUT2D eigenvalue weighted by Crippen LogP contribution is -2.30. The summed E-state index contributed by atoms with van der Waals surface area (Å²) in [6.07, 6.45) is 1.77. The number of carbonyl (C=O) groups is 1. The van der Waals surface area contributed by atoms with Crippen LogP contribution in [0.4, 0.5) is 8.78 Å². The van der Waals surface area contributed by atoms with E-state index in [-0.39, 0.29) is 11.8 Å². The Labute approximate surface area is 119 Å². The molecule has 0 amide bonds. The zero-order chi connectivity index (χ0) is 15.5. The molecule has 0 aliphatic carbocycles. The van der Waals surface area contributed by atoms with Crippen molar-refractivity contribution in [1.29, 1.82) is 0 Å². The van der Waals surface area contributed by atoms with Crippen molar-refractivity contribution in [2.45, 2.75) is 17.1 Å². The number of benzene rings is 1. The third-order valence-electron chi connectivity index (χ3n) is 2.49. The topological polar surface area (TPSA) is 83.5 Å². The van der Waals surface area contributed by atoms with Crippen LogP contribution in [0.25, 0.3) is 0 Å². The van der Waals surface area contributed by atoms with Gasteiger partial charge in [-0.15, -0.1) is 0 Å². The molecule has 2 N–H and O–H groups in total. The van der Waals surface area contributed by atoms with E-state index in [0.29, 0.717) is 12.1 Å². The fraction of sp³-hybridized carbons (Fsp3) is 0.364. The van der Waals surface area contributed by atoms with E-state index in [1.165, 1.54) is 11.8 Å². The molecule has 1 aromatic carbocycles. The third-order valence-corrected chi connectivity index (χ3v) is 4.89. The van der Waals surface area contributed by atoms with E-state index >= 15 is 0 Å². The highest BCUT2D eigenvalue weighted by atomic mass is 32.2. The molecular formula is C11H13F2NO4S2. The molecule has 0 aromatic heterocycles. The molecule has 0 spiro atoms. The van der Waals surface area contributed by atoms with Gasteiger partial charge in [-0.1, -0.05) is 6.92 Å². The predicted molar refractivity (Wildman–Crippen MR) is 71.5 cm³/mol. The molecular weight excluding hydrogens is 312 g/mol. The van der Waals surface area contributed by atoms with E-state index < -0.39 is 38.1 Å². The number of nitrogens with one attached hydrogen (secondary N) is 1. The molecule has 0 heterocycles. The fourth-order valence-electron chi connectivity index (χ4n) is 1.27. The van der Waals surface area contributed by atoms with Gasteiger partial charge in [0.05, 0.1) is 5.56 Å². The normalized spacial score (nSPS) is 13.2. The van der Waals surface area contributed by atoms with Crippen LogP contribution in [0.5, 0.6) is 0 Å². The molecule has 0 fully saturated rings. The Morgan fingerprint density at radius 2 is 2.05 bits per heavy atom. The average Bonchev–Trinajstić information content (AvgIpc) is 2.38. The van der Waals surface area contributed by atoms with Crippen molar-refractivity contribution in [3.63, 3.8) is 0 Å². The zero-order valence-corrected chi connectivity index (χ0v) is 12.3. The highest BCUT2D eigenvalue weighted by molar-refractivity contribution is 7.99. The molecule has 1 rings (SSSR count). The van der Waals surface area contributed by atoms with Crippen molar-refractivity contribution in [3.8, 4) is 0 Å². The summed E-state index contributed by atoms with van der Waals surface area (Å²) in [5, 5.41) is 8.67. The van der Waals surface area contributed by atoms with Crippen LogP contribution in [0.1, 0.15) is 17.3 Å². The van der Waals surface area contributed by atoms with Crippen molar-refractivity contribution >= 4 is 27.8 Å². The number of hydrogen-bond acceptors (Lipinski definition) is 4. The number of thioether (sulfide) groups is 1. The number of hydrogen-bond donors (Lipinski definition) is 2. The van der Waals surface area contributed by atoms with Crippen LogP contribution >= 0.6 is 11.8 Å². The molecule has 0 aliphatic heterocycles. The summed E-state index contributed by atoms with van der Waals surface area (Å²) in [6, 6.07) is 1.02. The summed E-state index contributed by atoms with van der Waals surface area (Å²) >= 11 is 1.39. The first-order valence-corrected chi connectivity index (χ1v) is 8.21. The van der Waals surface area contributed by atoms with Crippen LogP contribution in [0.2, 0.25) is 0 Å². The van der Waals surface area contributed by atoms with Gasteiger partial charge in [-0.2, -0.15) is 11.8 Å². The van der Waals surface area contributed by atoms with E-state index in [9.17, 15) is 22.0 Å². The summed E-state index contributed by atoms with van der Waals surface area (Å²) in [4.78, 5) is 9.74. The first kappa shape index (κ1) is 16.9. The number of aromatic carboxylic acids is 1. The fourth-order valence-corrected chi connectivity index (χ4v) is 2.87. The Morgan fingerprint density at radius 1 is 1.45 bits per heavy atom. The largest absolute Gasteiger partial charge is 0.478 e. The number of carboxylic acid groups (broad SMARTS) is 1. The first-order valence-electron chi connectivity index (χ1n) is 5.44. The Bertz CT molecular complexity index is 619. The van der Waals surface area contributed by atoms with Gasteiger partial charge in [-0.3, -0.25) is 0 Å². The Hall–Kier alpha value is -1.19. The Kier molecular flexibility index (Phi) is 5.49. The third kappa shape index (κ3) is 3.90. The second kappa shape index (κ2) is 6.51. The van der Waals surface area contributed by atoms with Gasteiger partial charge in [0.25, 0.3) is 0 Å². The van der Waals surface area contributed by atoms with Crippen LogP contribution < -0.4 is 4.72 Å². The monoisotopic (exact) mass is 325 g/mol. The van der Waals surface area contributed by atoms with Crippen molar-refractivity contribution in [3.05, 3.63) is 29.3 Å². The van der Waals surface area contributed by atoms with Crippen molar-refractivity contribution < 1.29 is 27.1 Å². The van der Waals surface area contributed by atoms with Gasteiger partial charge in [-0.05, 0) is 18.4 Å². The van der Waals surface area contributed by atoms with Gasteiger partial charge in [-0.25, -0.2) is 26.7 Å². The van der Waals surface area contributed by atoms with Crippen LogP contribution in [-0.4, -0.2) is 37.5 Å². The Morgan fingerprint density at radius 3 is 2.55 bits per heavy atom. The second-order valence-corrected chi connectivity index (χ2v) is 6.99. The van der Waals surface area contributed by atoms with E-state index in [1.807, 2.05) is 0 Å². The molecule has 0 saturated heterocycles. The van der Waals surface area contributed by atoms with E-state index in [0.717, 1.165) is 0 Å². The van der Waals surface area contributed by atoms with Gasteiger partial charge >= 0.3 is 5.97 Å². The van der Waals surface area contributed by atoms with E-state index in [2.05, 4.69) is 4.72 Å². The lowest BCUT2D eigenvalue weighted by Gasteiger charge is -2.12. The first-order chi connectivity index (χ1) is 9.19. The van der Waals surface area contributed by atoms with Crippen LogP contribution in [0, 0.1) is 11.6 Å². The Balaban J connectivity index is 3.20. The van der Waals surface area contributed by atoms with Crippen LogP contribution in [0.3, 0.4) is 0 Å². The molecule has 1 atom stereocenters. The molecule has 112 valence electrons. The minimum atomic E-state index is -4.32. The minimum Gasteiger partial charge on any atom is -0.478 e. The SMILES string of the molecule is CSC(C)CNS(=O)(=O)c1cc(C(=O)O)cc(F)c1F. The molecule has 20 heavy (non-hydrogen) atoms. The average molecular weight is 325 g/mol. The molecule has 0 radical (unpaired) electrons. The standard InChI is InChI=1S/C11H13F2NO4S2/c1-6(19-2)5-14-20(17,18)9-4-7(11(15)16)3-8(12)10(9)13/h3-4,6,14H,5H2,1-2H3,(H,15,16). The number of rotatable bonds is 6. The molecule has 1 aromatic rings. The van der Waals surface area contributed by atoms with E-state index in [4.69, 9.17) is 5.11 Å². The second-order valence-electron chi connectivity index (χ2n) is 3.97. The molecule has 0 bridgehead atoms. The number of carboxylic acids is 1. The van der Waals surface area contributed by atoms with Gasteiger partial charge in [0.2, 0.25) is 10.0 Å². The molecule has 0 aliphatic rings. The maximum Gasteiger partial charge on any atom is 0.335 e. The number of sulfonamides is 1. The molecule has 5 nitrogen and oxygen atoms in total. The molecule has 9 heteroatoms. The van der Waals surface area contributed by atoms with Crippen molar-refractivity contribution in [2.75, 3.05) is 12.8 Å². The maximum atomic E-state index is 13.6. The van der Waals surface area contributed by atoms with Gasteiger partial charge in [0.15, 0.2) is 11.6 Å². The highest BCUT2D eigenvalue weighted by Crippen LogP contribution is 2.20. The van der Waals surface area contributed by atoms with Gasteiger partial charge < -0.3 is 5.11 Å². The van der Waals surface area contributed by atoms with Gasteiger partial charge in [0, 0.05) is 11.8 Å². The smallest absolute Gasteiger partial charge is 0.335 e. The summed E-state index contributed by atoms with van der Waals surface area (Å²) in [7, 11) is -4.32. The summed E-state index contributed by atoms with van der Waals surface area (Å²) < 4.78 is 52.7. The highest BCUT2D eigenvalue weighted by Gasteiger charge is 2.24. The summed E-state index contributed by atoms with van der Waals surface area (Å²) in [6.45, 7) is 1.76.